The highest BCUT2D eigenvalue weighted by Gasteiger charge is 2.25. The number of nitrogens with zero attached hydrogens (tertiary/aromatic N) is 1. The molecule has 0 aliphatic heterocycles. The highest BCUT2D eigenvalue weighted by Crippen LogP contribution is 2.36. The Kier molecular flexibility index (Phi) is 6.96. The van der Waals surface area contributed by atoms with Crippen molar-refractivity contribution in [3.63, 3.8) is 0 Å². The van der Waals surface area contributed by atoms with Gasteiger partial charge in [-0.25, -0.2) is 26.6 Å². The fourth-order valence-electron chi connectivity index (χ4n) is 3.66. The number of anilines is 1. The molecule has 5 nitrogen and oxygen atoms in total. The van der Waals surface area contributed by atoms with Crippen molar-refractivity contribution >= 4 is 44.4 Å². The van der Waals surface area contributed by atoms with E-state index < -0.39 is 32.4 Å². The fourth-order valence-corrected chi connectivity index (χ4v) is 5.59. The lowest BCUT2D eigenvalue weighted by atomic mass is 9.84. The van der Waals surface area contributed by atoms with Gasteiger partial charge < -0.3 is 4.74 Å². The number of ether oxygens (including phenoxy) is 1. The van der Waals surface area contributed by atoms with Crippen LogP contribution in [0.15, 0.2) is 52.2 Å². The summed E-state index contributed by atoms with van der Waals surface area (Å²) in [6, 6.07) is 5.20. The Bertz CT molecular complexity index is 1280. The van der Waals surface area contributed by atoms with Crippen molar-refractivity contribution in [1.29, 1.82) is 0 Å². The number of benzene rings is 2. The normalized spacial score (nSPS) is 16.4. The molecule has 11 heteroatoms. The molecule has 0 fully saturated rings. The minimum absolute atomic E-state index is 0.0304. The molecule has 3 aromatic rings. The van der Waals surface area contributed by atoms with Gasteiger partial charge in [-0.15, -0.1) is 11.3 Å². The predicted molar refractivity (Wildman–Crippen MR) is 122 cm³/mol. The first-order chi connectivity index (χ1) is 15.7. The number of aromatic nitrogens is 1. The average molecular weight is 515 g/mol. The van der Waals surface area contributed by atoms with Crippen molar-refractivity contribution in [2.45, 2.75) is 24.2 Å². The lowest BCUT2D eigenvalue weighted by Crippen LogP contribution is -2.18. The van der Waals surface area contributed by atoms with E-state index >= 15 is 0 Å². The first-order valence-electron chi connectivity index (χ1n) is 9.92. The lowest BCUT2D eigenvalue weighted by Gasteiger charge is -2.25. The van der Waals surface area contributed by atoms with Crippen LogP contribution in [0.4, 0.5) is 19.0 Å². The third-order valence-electron chi connectivity index (χ3n) is 5.14. The van der Waals surface area contributed by atoms with E-state index in [0.29, 0.717) is 12.0 Å². The molecule has 0 saturated carbocycles. The molecular formula is C22H18ClF3N2O3S2. The number of allylic oxidation sites excluding steroid dienone is 1. The van der Waals surface area contributed by atoms with E-state index in [4.69, 9.17) is 16.3 Å². The summed E-state index contributed by atoms with van der Waals surface area (Å²) in [4.78, 5) is 3.18. The highest BCUT2D eigenvalue weighted by molar-refractivity contribution is 7.92. The van der Waals surface area contributed by atoms with Gasteiger partial charge in [0.2, 0.25) is 0 Å². The molecule has 0 amide bonds. The molecule has 1 unspecified atom stereocenters. The molecule has 0 spiro atoms. The van der Waals surface area contributed by atoms with Gasteiger partial charge in [0, 0.05) is 23.4 Å². The molecule has 0 radical (unpaired) electrons. The quantitative estimate of drug-likeness (QED) is 0.403. The number of hydrogen-bond donors (Lipinski definition) is 1. The zero-order chi connectivity index (χ0) is 23.6. The molecule has 1 aromatic heterocycles. The number of sulfonamides is 1. The van der Waals surface area contributed by atoms with Crippen LogP contribution in [0.1, 0.15) is 24.8 Å². The summed E-state index contributed by atoms with van der Waals surface area (Å²) in [5, 5.41) is 1.38. The summed E-state index contributed by atoms with van der Waals surface area (Å²) in [5.74, 6) is -2.55. The van der Waals surface area contributed by atoms with Crippen molar-refractivity contribution in [2.75, 3.05) is 11.3 Å². The van der Waals surface area contributed by atoms with Gasteiger partial charge in [-0.3, -0.25) is 4.72 Å². The monoisotopic (exact) mass is 514 g/mol. The zero-order valence-corrected chi connectivity index (χ0v) is 19.4. The largest absolute Gasteiger partial charge is 0.491 e. The van der Waals surface area contributed by atoms with Crippen LogP contribution < -0.4 is 9.46 Å². The van der Waals surface area contributed by atoms with Gasteiger partial charge in [-0.2, -0.15) is 0 Å². The van der Waals surface area contributed by atoms with E-state index in [9.17, 15) is 21.6 Å². The van der Waals surface area contributed by atoms with E-state index in [1.165, 1.54) is 34.4 Å². The van der Waals surface area contributed by atoms with Crippen molar-refractivity contribution in [3.05, 3.63) is 75.3 Å². The van der Waals surface area contributed by atoms with Gasteiger partial charge >= 0.3 is 0 Å². The van der Waals surface area contributed by atoms with Crippen LogP contribution >= 0.6 is 22.9 Å². The van der Waals surface area contributed by atoms with Crippen molar-refractivity contribution < 1.29 is 26.3 Å². The first-order valence-corrected chi connectivity index (χ1v) is 12.7. The molecule has 1 aliphatic carbocycles. The Morgan fingerprint density at radius 2 is 1.91 bits per heavy atom. The van der Waals surface area contributed by atoms with E-state index in [1.54, 1.807) is 0 Å². The number of thiazole rings is 1. The second kappa shape index (κ2) is 9.74. The third-order valence-corrected chi connectivity index (χ3v) is 7.40. The minimum Gasteiger partial charge on any atom is -0.491 e. The van der Waals surface area contributed by atoms with Crippen LogP contribution in [0.5, 0.6) is 5.75 Å². The highest BCUT2D eigenvalue weighted by atomic mass is 35.5. The number of hydrogen-bond acceptors (Lipinski definition) is 5. The molecular weight excluding hydrogens is 497 g/mol. The van der Waals surface area contributed by atoms with Gasteiger partial charge in [0.15, 0.2) is 5.82 Å². The van der Waals surface area contributed by atoms with Crippen LogP contribution in [-0.4, -0.2) is 20.0 Å². The van der Waals surface area contributed by atoms with E-state index in [0.717, 1.165) is 36.6 Å². The first kappa shape index (κ1) is 23.6. The maximum absolute atomic E-state index is 14.7. The van der Waals surface area contributed by atoms with Crippen LogP contribution in [0.2, 0.25) is 5.02 Å². The van der Waals surface area contributed by atoms with Crippen molar-refractivity contribution in [1.82, 2.24) is 4.98 Å². The molecule has 4 rings (SSSR count). The molecule has 1 heterocycles. The van der Waals surface area contributed by atoms with Crippen LogP contribution in [0, 0.1) is 23.4 Å². The van der Waals surface area contributed by atoms with Crippen LogP contribution in [0.3, 0.4) is 0 Å². The van der Waals surface area contributed by atoms with E-state index in [2.05, 4.69) is 9.71 Å². The predicted octanol–water partition coefficient (Wildman–Crippen LogP) is 6.28. The summed E-state index contributed by atoms with van der Waals surface area (Å²) in [6.07, 6.45) is 4.23. The maximum atomic E-state index is 14.7. The molecule has 33 heavy (non-hydrogen) atoms. The topological polar surface area (TPSA) is 68.3 Å². The second-order valence-corrected chi connectivity index (χ2v) is 10.2. The Hall–Kier alpha value is -2.56. The third kappa shape index (κ3) is 5.51. The number of rotatable bonds is 7. The summed E-state index contributed by atoms with van der Waals surface area (Å²) in [7, 11) is -4.24. The maximum Gasteiger partial charge on any atom is 0.266 e. The molecule has 1 N–H and O–H groups in total. The van der Waals surface area contributed by atoms with Gasteiger partial charge in [0.25, 0.3) is 10.0 Å². The molecule has 174 valence electrons. The Balaban J connectivity index is 1.53. The van der Waals surface area contributed by atoms with Gasteiger partial charge in [0.05, 0.1) is 17.1 Å². The van der Waals surface area contributed by atoms with Crippen LogP contribution in [0.25, 0.3) is 5.57 Å². The van der Waals surface area contributed by atoms with Crippen molar-refractivity contribution in [3.8, 4) is 5.75 Å². The Morgan fingerprint density at radius 3 is 2.61 bits per heavy atom. The summed E-state index contributed by atoms with van der Waals surface area (Å²) >= 11 is 7.37. The van der Waals surface area contributed by atoms with Gasteiger partial charge in [-0.1, -0.05) is 17.7 Å². The minimum atomic E-state index is -4.24. The molecule has 0 bridgehead atoms. The summed E-state index contributed by atoms with van der Waals surface area (Å²) in [5.41, 5.74) is 2.60. The molecule has 2 aromatic carbocycles. The Morgan fingerprint density at radius 1 is 1.15 bits per heavy atom. The van der Waals surface area contributed by atoms with Crippen LogP contribution in [-0.2, 0) is 10.0 Å². The second-order valence-electron chi connectivity index (χ2n) is 7.45. The van der Waals surface area contributed by atoms with Crippen molar-refractivity contribution in [2.24, 2.45) is 5.92 Å². The Labute approximate surface area is 197 Å². The fraction of sp³-hybridized carbons (Fsp3) is 0.227. The standard InChI is InChI=1S/C22H18ClF3N2O3S2/c23-18-8-21(33(29,30)28-22-11-32-12-27-22)19(26)9-20(18)31-10-13-3-1-2-4-17(13)14-5-15(24)7-16(25)6-14/h4-9,11-13,28H,1-3,10H2. The number of halogens is 4. The van der Waals surface area contributed by atoms with Gasteiger partial charge in [0.1, 0.15) is 28.1 Å². The average Bonchev–Trinajstić information content (AvgIpc) is 3.25. The lowest BCUT2D eigenvalue weighted by molar-refractivity contribution is 0.267. The van der Waals surface area contributed by atoms with E-state index in [1.807, 2.05) is 6.08 Å². The SMILES string of the molecule is O=S(=O)(Nc1cscn1)c1cc(Cl)c(OCC2CCCC=C2c2cc(F)cc(F)c2)cc1F. The van der Waals surface area contributed by atoms with Gasteiger partial charge in [-0.05, 0) is 48.6 Å². The van der Waals surface area contributed by atoms with E-state index in [-0.39, 0.29) is 29.1 Å². The molecule has 1 aliphatic rings. The zero-order valence-electron chi connectivity index (χ0n) is 17.0. The summed E-state index contributed by atoms with van der Waals surface area (Å²) in [6.45, 7) is 0.0757. The number of nitrogens with one attached hydrogen (secondary N) is 1. The molecule has 0 saturated heterocycles. The molecule has 1 atom stereocenters. The smallest absolute Gasteiger partial charge is 0.266 e. The summed E-state index contributed by atoms with van der Waals surface area (Å²) < 4.78 is 75.0.